The number of aromatic hydroxyl groups is 1. The number of pyridine rings is 1. The number of hydrogen-bond acceptors (Lipinski definition) is 4. The van der Waals surface area contributed by atoms with Crippen molar-refractivity contribution in [2.24, 2.45) is 0 Å². The Morgan fingerprint density at radius 1 is 0.523 bits per heavy atom. The van der Waals surface area contributed by atoms with Crippen LogP contribution in [0.5, 0.6) is 5.75 Å². The number of aromatic nitrogens is 2. The first kappa shape index (κ1) is 25.0. The van der Waals surface area contributed by atoms with Crippen LogP contribution in [0.3, 0.4) is 0 Å². The van der Waals surface area contributed by atoms with Crippen molar-refractivity contribution in [1.29, 1.82) is 0 Å². The second-order valence-electron chi connectivity index (χ2n) is 11.1. The van der Waals surface area contributed by atoms with Crippen LogP contribution in [-0.4, -0.2) is 15.1 Å². The topological polar surface area (TPSA) is 46.0 Å². The molecule has 0 saturated heterocycles. The van der Waals surface area contributed by atoms with Crippen molar-refractivity contribution in [1.82, 2.24) is 9.97 Å². The average Bonchev–Trinajstić information content (AvgIpc) is 3.52. The average molecular weight is 581 g/mol. The number of para-hydroxylation sites is 1. The number of rotatable bonds is 3. The minimum Gasteiger partial charge on any atom is -0.505 e. The second-order valence-corrected chi connectivity index (χ2v) is 12.2. The minimum atomic E-state index is 0.211. The highest BCUT2D eigenvalue weighted by Crippen LogP contribution is 2.45. The van der Waals surface area contributed by atoms with Gasteiger partial charge >= 0.3 is 0 Å². The van der Waals surface area contributed by atoms with Gasteiger partial charge in [0.25, 0.3) is 0 Å². The first-order valence-electron chi connectivity index (χ1n) is 14.6. The van der Waals surface area contributed by atoms with Gasteiger partial charge in [0, 0.05) is 28.3 Å². The maximum absolute atomic E-state index is 11.5. The molecule has 0 fully saturated rings. The summed E-state index contributed by atoms with van der Waals surface area (Å²) >= 11 is 1.72. The normalized spacial score (nSPS) is 11.7. The molecule has 0 unspecified atom stereocenters. The predicted molar refractivity (Wildman–Crippen MR) is 185 cm³/mol. The lowest BCUT2D eigenvalue weighted by atomic mass is 9.87. The van der Waals surface area contributed by atoms with Crippen LogP contribution in [0, 0.1) is 0 Å². The number of phenolic OH excluding ortho intramolecular Hbond substituents is 1. The van der Waals surface area contributed by atoms with E-state index in [0.29, 0.717) is 5.52 Å². The zero-order valence-corrected chi connectivity index (χ0v) is 24.3. The molecule has 3 nitrogen and oxygen atoms in total. The van der Waals surface area contributed by atoms with E-state index >= 15 is 0 Å². The smallest absolute Gasteiger partial charge is 0.149 e. The Hall–Kier alpha value is -5.58. The number of nitrogens with zero attached hydrogens (tertiary/aromatic N) is 2. The van der Waals surface area contributed by atoms with Gasteiger partial charge in [-0.3, -0.25) is 4.98 Å². The first-order chi connectivity index (χ1) is 21.7. The van der Waals surface area contributed by atoms with Gasteiger partial charge in [0.05, 0.1) is 10.2 Å². The third kappa shape index (κ3) is 3.82. The number of phenols is 1. The highest BCUT2D eigenvalue weighted by molar-refractivity contribution is 7.21. The monoisotopic (exact) mass is 580 g/mol. The first-order valence-corrected chi connectivity index (χ1v) is 15.5. The zero-order valence-electron chi connectivity index (χ0n) is 23.5. The summed E-state index contributed by atoms with van der Waals surface area (Å²) in [5.41, 5.74) is 6.95. The van der Waals surface area contributed by atoms with E-state index in [1.54, 1.807) is 17.5 Å². The molecule has 0 radical (unpaired) electrons. The molecule has 0 bridgehead atoms. The van der Waals surface area contributed by atoms with E-state index in [1.165, 1.54) is 26.6 Å². The van der Waals surface area contributed by atoms with Crippen molar-refractivity contribution in [3.63, 3.8) is 0 Å². The molecule has 0 aliphatic rings. The SMILES string of the molecule is Oc1c(-c2c3ccccc3cc3c2ccc2c(-c4ccc(-c5nc6ccccc6s5)cc4)cccc23)ccc2cccnc12. The summed E-state index contributed by atoms with van der Waals surface area (Å²) in [6, 6.07) is 46.7. The highest BCUT2D eigenvalue weighted by Gasteiger charge is 2.18. The Labute approximate surface area is 257 Å². The van der Waals surface area contributed by atoms with Crippen molar-refractivity contribution in [2.75, 3.05) is 0 Å². The van der Waals surface area contributed by atoms with Gasteiger partial charge in [0.15, 0.2) is 0 Å². The van der Waals surface area contributed by atoms with Crippen LogP contribution in [0.15, 0.2) is 140 Å². The molecule has 44 heavy (non-hydrogen) atoms. The van der Waals surface area contributed by atoms with Crippen molar-refractivity contribution in [3.8, 4) is 38.6 Å². The fourth-order valence-electron chi connectivity index (χ4n) is 6.57. The van der Waals surface area contributed by atoms with E-state index in [-0.39, 0.29) is 5.75 Å². The predicted octanol–water partition coefficient (Wildman–Crippen LogP) is 11.0. The number of hydrogen-bond donors (Lipinski definition) is 1. The second kappa shape index (κ2) is 9.73. The van der Waals surface area contributed by atoms with Crippen LogP contribution in [0.2, 0.25) is 0 Å². The van der Waals surface area contributed by atoms with Gasteiger partial charge in [-0.05, 0) is 73.8 Å². The lowest BCUT2D eigenvalue weighted by Crippen LogP contribution is -1.90. The standard InChI is InChI=1S/C40H24N2OS/c43-39-33(19-18-25-8-6-22-41-38(25)39)37-29-9-2-1-7-27(29)23-34-30-11-5-10-28(31(30)20-21-32(34)37)24-14-16-26(17-15-24)40-42-35-12-3-4-13-36(35)44-40/h1-23,43H. The number of fused-ring (bicyclic) bond motifs is 6. The molecule has 2 heterocycles. The molecule has 7 aromatic carbocycles. The largest absolute Gasteiger partial charge is 0.505 e. The fraction of sp³-hybridized carbons (Fsp3) is 0. The van der Waals surface area contributed by atoms with E-state index in [2.05, 4.69) is 108 Å². The van der Waals surface area contributed by atoms with Gasteiger partial charge in [-0.1, -0.05) is 103 Å². The molecule has 0 aliphatic heterocycles. The molecule has 4 heteroatoms. The van der Waals surface area contributed by atoms with Gasteiger partial charge in [0.1, 0.15) is 16.3 Å². The maximum atomic E-state index is 11.5. The zero-order chi connectivity index (χ0) is 29.2. The Morgan fingerprint density at radius 2 is 1.30 bits per heavy atom. The molecule has 2 aromatic heterocycles. The minimum absolute atomic E-state index is 0.211. The molecule has 0 saturated carbocycles. The molecular weight excluding hydrogens is 557 g/mol. The molecule has 0 amide bonds. The molecule has 0 aliphatic carbocycles. The van der Waals surface area contributed by atoms with E-state index in [9.17, 15) is 5.11 Å². The van der Waals surface area contributed by atoms with Crippen LogP contribution >= 0.6 is 11.3 Å². The summed E-state index contributed by atoms with van der Waals surface area (Å²) in [5.74, 6) is 0.211. The third-order valence-corrected chi connectivity index (χ3v) is 9.74. The van der Waals surface area contributed by atoms with Gasteiger partial charge in [-0.25, -0.2) is 4.98 Å². The quantitative estimate of drug-likeness (QED) is 0.167. The van der Waals surface area contributed by atoms with Gasteiger partial charge in [-0.15, -0.1) is 11.3 Å². The molecule has 0 spiro atoms. The molecule has 9 aromatic rings. The van der Waals surface area contributed by atoms with Crippen LogP contribution in [-0.2, 0) is 0 Å². The molecule has 206 valence electrons. The molecular formula is C40H24N2OS. The van der Waals surface area contributed by atoms with Crippen molar-refractivity contribution < 1.29 is 5.11 Å². The summed E-state index contributed by atoms with van der Waals surface area (Å²) in [4.78, 5) is 9.35. The number of benzene rings is 7. The molecule has 9 rings (SSSR count). The van der Waals surface area contributed by atoms with E-state index < -0.39 is 0 Å². The fourth-order valence-corrected chi connectivity index (χ4v) is 7.54. The summed E-state index contributed by atoms with van der Waals surface area (Å²) in [7, 11) is 0. The van der Waals surface area contributed by atoms with E-state index in [1.807, 2.05) is 30.3 Å². The van der Waals surface area contributed by atoms with Crippen LogP contribution < -0.4 is 0 Å². The van der Waals surface area contributed by atoms with Crippen LogP contribution in [0.25, 0.3) is 86.3 Å². The maximum Gasteiger partial charge on any atom is 0.149 e. The highest BCUT2D eigenvalue weighted by atomic mass is 32.1. The molecule has 1 N–H and O–H groups in total. The Morgan fingerprint density at radius 3 is 2.20 bits per heavy atom. The van der Waals surface area contributed by atoms with E-state index in [0.717, 1.165) is 54.1 Å². The Balaban J connectivity index is 1.24. The Kier molecular flexibility index (Phi) is 5.52. The molecule has 0 atom stereocenters. The van der Waals surface area contributed by atoms with Crippen LogP contribution in [0.4, 0.5) is 0 Å². The van der Waals surface area contributed by atoms with Gasteiger partial charge in [-0.2, -0.15) is 0 Å². The van der Waals surface area contributed by atoms with Crippen LogP contribution in [0.1, 0.15) is 0 Å². The summed E-state index contributed by atoms with van der Waals surface area (Å²) in [6.07, 6.45) is 1.73. The van der Waals surface area contributed by atoms with Crippen molar-refractivity contribution in [2.45, 2.75) is 0 Å². The summed E-state index contributed by atoms with van der Waals surface area (Å²) in [6.45, 7) is 0. The van der Waals surface area contributed by atoms with Crippen molar-refractivity contribution in [3.05, 3.63) is 140 Å². The van der Waals surface area contributed by atoms with Crippen molar-refractivity contribution >= 4 is 64.8 Å². The van der Waals surface area contributed by atoms with Gasteiger partial charge < -0.3 is 5.11 Å². The van der Waals surface area contributed by atoms with E-state index in [4.69, 9.17) is 4.98 Å². The summed E-state index contributed by atoms with van der Waals surface area (Å²) < 4.78 is 1.20. The third-order valence-electron chi connectivity index (χ3n) is 8.66. The lowest BCUT2D eigenvalue weighted by Gasteiger charge is -2.17. The number of thiazole rings is 1. The van der Waals surface area contributed by atoms with Gasteiger partial charge in [0.2, 0.25) is 0 Å². The Bertz CT molecular complexity index is 2530. The lowest BCUT2D eigenvalue weighted by molar-refractivity contribution is 0.482. The summed E-state index contributed by atoms with van der Waals surface area (Å²) in [5, 5.41) is 20.3.